The van der Waals surface area contributed by atoms with E-state index in [-0.39, 0.29) is 6.42 Å². The number of carbonyl (C=O) groups is 1. The molecule has 0 atom stereocenters. The molecule has 0 saturated heterocycles. The van der Waals surface area contributed by atoms with E-state index in [9.17, 15) is 9.59 Å². The molecule has 0 amide bonds. The van der Waals surface area contributed by atoms with Gasteiger partial charge in [-0.15, -0.1) is 0 Å². The lowest BCUT2D eigenvalue weighted by molar-refractivity contribution is -0.139. The van der Waals surface area contributed by atoms with Crippen LogP contribution in [0.2, 0.25) is 5.02 Å². The number of hydrogen-bond donors (Lipinski definition) is 0. The van der Waals surface area contributed by atoms with Gasteiger partial charge in [0.1, 0.15) is 18.1 Å². The molecule has 2 aromatic rings. The number of rotatable bonds is 3. The van der Waals surface area contributed by atoms with E-state index in [1.165, 1.54) is 39.2 Å². The van der Waals surface area contributed by atoms with Crippen molar-refractivity contribution in [1.29, 1.82) is 0 Å². The number of halogens is 1. The minimum Gasteiger partial charge on any atom is -0.476 e. The Labute approximate surface area is 181 Å². The molecule has 0 spiro atoms. The molecule has 1 aromatic carbocycles. The van der Waals surface area contributed by atoms with Gasteiger partial charge in [0.2, 0.25) is 0 Å². The number of esters is 1. The number of nitrogens with zero attached hydrogens (tertiary/aromatic N) is 1. The van der Waals surface area contributed by atoms with Crippen molar-refractivity contribution in [3.8, 4) is 5.75 Å². The average molecular weight is 434 g/mol. The first-order valence-electron chi connectivity index (χ1n) is 10.7. The Morgan fingerprint density at radius 3 is 2.63 bits per heavy atom. The second-order valence-electron chi connectivity index (χ2n) is 8.31. The first-order chi connectivity index (χ1) is 14.5. The Bertz CT molecular complexity index is 1010. The Morgan fingerprint density at radius 1 is 1.23 bits per heavy atom. The molecule has 7 heteroatoms. The van der Waals surface area contributed by atoms with Crippen LogP contribution in [-0.4, -0.2) is 30.8 Å². The summed E-state index contributed by atoms with van der Waals surface area (Å²) in [6.07, 6.45) is 8.55. The van der Waals surface area contributed by atoms with Gasteiger partial charge in [-0.3, -0.25) is 9.69 Å². The maximum atomic E-state index is 12.7. The van der Waals surface area contributed by atoms with Crippen molar-refractivity contribution in [3.63, 3.8) is 0 Å². The number of aryl methyl sites for hydroxylation is 1. The zero-order chi connectivity index (χ0) is 21.3. The van der Waals surface area contributed by atoms with Crippen molar-refractivity contribution < 1.29 is 18.7 Å². The topological polar surface area (TPSA) is 69.0 Å². The van der Waals surface area contributed by atoms with Gasteiger partial charge < -0.3 is 13.9 Å². The summed E-state index contributed by atoms with van der Waals surface area (Å²) in [5, 5.41) is 1.23. The summed E-state index contributed by atoms with van der Waals surface area (Å²) in [6.45, 7) is 2.94. The van der Waals surface area contributed by atoms with E-state index in [1.54, 1.807) is 6.07 Å². The number of carbonyl (C=O) groups excluding carboxylic acids is 1. The van der Waals surface area contributed by atoms with Crippen LogP contribution in [0.3, 0.4) is 0 Å². The molecule has 0 unspecified atom stereocenters. The second-order valence-corrected chi connectivity index (χ2v) is 8.72. The van der Waals surface area contributed by atoms with E-state index in [2.05, 4.69) is 4.90 Å². The maximum Gasteiger partial charge on any atom is 0.340 e. The van der Waals surface area contributed by atoms with E-state index in [1.807, 2.05) is 6.92 Å². The zero-order valence-corrected chi connectivity index (χ0v) is 18.3. The van der Waals surface area contributed by atoms with E-state index in [4.69, 9.17) is 25.5 Å². The lowest BCUT2D eigenvalue weighted by atomic mass is 9.94. The Balaban J connectivity index is 1.74. The number of methoxy groups -OCH3 is 1. The van der Waals surface area contributed by atoms with E-state index in [0.717, 1.165) is 23.8 Å². The van der Waals surface area contributed by atoms with Gasteiger partial charge in [0.25, 0.3) is 0 Å². The van der Waals surface area contributed by atoms with Crippen molar-refractivity contribution in [2.45, 2.75) is 70.9 Å². The summed E-state index contributed by atoms with van der Waals surface area (Å²) in [7, 11) is 1.30. The lowest BCUT2D eigenvalue weighted by Crippen LogP contribution is -2.40. The Morgan fingerprint density at radius 2 is 1.93 bits per heavy atom. The third-order valence-corrected chi connectivity index (χ3v) is 6.74. The zero-order valence-electron chi connectivity index (χ0n) is 17.6. The standard InChI is InChI=1S/C23H28ClNO5/c1-14-16-10-19(24)22-18(21(16)30-23(27)17(14)11-20(26)28-2)12-25(13-29-22)15-8-6-4-3-5-7-9-15/h10,15H,3-9,11-13H2,1-2H3. The molecule has 1 fully saturated rings. The normalized spacial score (nSPS) is 18.4. The van der Waals surface area contributed by atoms with Gasteiger partial charge >= 0.3 is 11.6 Å². The average Bonchev–Trinajstić information content (AvgIpc) is 2.71. The fourth-order valence-corrected chi connectivity index (χ4v) is 4.96. The molecule has 2 aliphatic rings. The molecule has 6 nitrogen and oxygen atoms in total. The Kier molecular flexibility index (Phi) is 6.34. The van der Waals surface area contributed by atoms with Crippen LogP contribution in [0.25, 0.3) is 11.0 Å². The maximum absolute atomic E-state index is 12.7. The fraction of sp³-hybridized carbons (Fsp3) is 0.565. The molecular weight excluding hydrogens is 406 g/mol. The van der Waals surface area contributed by atoms with Crippen LogP contribution < -0.4 is 10.4 Å². The van der Waals surface area contributed by atoms with Gasteiger partial charge in [-0.1, -0.05) is 43.7 Å². The summed E-state index contributed by atoms with van der Waals surface area (Å²) >= 11 is 6.54. The van der Waals surface area contributed by atoms with Gasteiger partial charge in [0.05, 0.1) is 29.7 Å². The minimum atomic E-state index is -0.516. The molecule has 4 rings (SSSR count). The van der Waals surface area contributed by atoms with Gasteiger partial charge in [0, 0.05) is 18.0 Å². The first kappa shape index (κ1) is 21.2. The molecule has 1 aliphatic carbocycles. The van der Waals surface area contributed by atoms with Crippen LogP contribution in [-0.2, 0) is 22.5 Å². The smallest absolute Gasteiger partial charge is 0.340 e. The molecule has 0 N–H and O–H groups in total. The molecule has 0 radical (unpaired) electrons. The SMILES string of the molecule is COC(=O)Cc1c(C)c2cc(Cl)c3c(c2oc1=O)CN(C1CCCCCCC1)CO3. The molecule has 162 valence electrons. The van der Waals surface area contributed by atoms with Gasteiger partial charge in [-0.25, -0.2) is 4.79 Å². The highest BCUT2D eigenvalue weighted by Crippen LogP contribution is 2.40. The van der Waals surface area contributed by atoms with Crippen molar-refractivity contribution in [1.82, 2.24) is 4.90 Å². The largest absolute Gasteiger partial charge is 0.476 e. The fourth-order valence-electron chi connectivity index (χ4n) is 4.68. The molecule has 1 saturated carbocycles. The summed E-state index contributed by atoms with van der Waals surface area (Å²) < 4.78 is 16.5. The van der Waals surface area contributed by atoms with Crippen LogP contribution in [0.5, 0.6) is 5.75 Å². The predicted molar refractivity (Wildman–Crippen MR) is 115 cm³/mol. The van der Waals surface area contributed by atoms with Crippen LogP contribution in [0.15, 0.2) is 15.3 Å². The monoisotopic (exact) mass is 433 g/mol. The molecule has 2 heterocycles. The van der Waals surface area contributed by atoms with E-state index in [0.29, 0.717) is 46.8 Å². The van der Waals surface area contributed by atoms with Crippen molar-refractivity contribution in [2.75, 3.05) is 13.8 Å². The van der Waals surface area contributed by atoms with Crippen LogP contribution >= 0.6 is 11.6 Å². The van der Waals surface area contributed by atoms with Gasteiger partial charge in [-0.2, -0.15) is 0 Å². The van der Waals surface area contributed by atoms with E-state index >= 15 is 0 Å². The van der Waals surface area contributed by atoms with Gasteiger partial charge in [-0.05, 0) is 31.4 Å². The number of benzene rings is 1. The van der Waals surface area contributed by atoms with Crippen molar-refractivity contribution >= 4 is 28.5 Å². The van der Waals surface area contributed by atoms with E-state index < -0.39 is 11.6 Å². The first-order valence-corrected chi connectivity index (χ1v) is 11.1. The molecule has 1 aliphatic heterocycles. The van der Waals surface area contributed by atoms with Crippen molar-refractivity contribution in [3.05, 3.63) is 38.2 Å². The predicted octanol–water partition coefficient (Wildman–Crippen LogP) is 4.74. The molecule has 0 bridgehead atoms. The van der Waals surface area contributed by atoms with Crippen molar-refractivity contribution in [2.24, 2.45) is 0 Å². The highest BCUT2D eigenvalue weighted by molar-refractivity contribution is 6.33. The number of ether oxygens (including phenoxy) is 2. The van der Waals surface area contributed by atoms with Crippen LogP contribution in [0, 0.1) is 6.92 Å². The molecule has 30 heavy (non-hydrogen) atoms. The van der Waals surface area contributed by atoms with Gasteiger partial charge in [0.15, 0.2) is 0 Å². The third kappa shape index (κ3) is 4.08. The molecule has 1 aromatic heterocycles. The van der Waals surface area contributed by atoms with Crippen LogP contribution in [0.1, 0.15) is 61.6 Å². The highest BCUT2D eigenvalue weighted by Gasteiger charge is 2.30. The third-order valence-electron chi connectivity index (χ3n) is 6.45. The second kappa shape index (κ2) is 8.98. The van der Waals surface area contributed by atoms with Crippen LogP contribution in [0.4, 0.5) is 0 Å². The summed E-state index contributed by atoms with van der Waals surface area (Å²) in [5.41, 5.74) is 1.80. The quantitative estimate of drug-likeness (QED) is 0.514. The molecular formula is C23H28ClNO5. The summed E-state index contributed by atoms with van der Waals surface area (Å²) in [6, 6.07) is 2.22. The summed E-state index contributed by atoms with van der Waals surface area (Å²) in [4.78, 5) is 26.8. The summed E-state index contributed by atoms with van der Waals surface area (Å²) in [5.74, 6) is 0.113. The Hall–Kier alpha value is -2.05. The lowest BCUT2D eigenvalue weighted by Gasteiger charge is -2.36. The number of fused-ring (bicyclic) bond motifs is 3. The number of hydrogen-bond acceptors (Lipinski definition) is 6. The minimum absolute atomic E-state index is 0.125. The highest BCUT2D eigenvalue weighted by atomic mass is 35.5.